The predicted molar refractivity (Wildman–Crippen MR) is 71.9 cm³/mol. The van der Waals surface area contributed by atoms with Crippen LogP contribution in [0.25, 0.3) is 10.2 Å². The number of hydrogen-bond acceptors (Lipinski definition) is 3. The van der Waals surface area contributed by atoms with Crippen molar-refractivity contribution >= 4 is 27.2 Å². The van der Waals surface area contributed by atoms with Gasteiger partial charge in [-0.25, -0.2) is 4.98 Å². The molecule has 0 amide bonds. The van der Waals surface area contributed by atoms with Crippen molar-refractivity contribution in [2.75, 3.05) is 5.73 Å². The van der Waals surface area contributed by atoms with Gasteiger partial charge in [-0.2, -0.15) is 0 Å². The van der Waals surface area contributed by atoms with E-state index in [2.05, 4.69) is 11.9 Å². The van der Waals surface area contributed by atoms with Crippen molar-refractivity contribution in [3.8, 4) is 0 Å². The van der Waals surface area contributed by atoms with E-state index in [1.165, 1.54) is 35.4 Å². The summed E-state index contributed by atoms with van der Waals surface area (Å²) >= 11 is 1.78. The molecule has 0 unspecified atom stereocenters. The molecule has 1 aromatic carbocycles. The lowest BCUT2D eigenvalue weighted by Crippen LogP contribution is -1.84. The zero-order valence-corrected chi connectivity index (χ0v) is 10.5. The van der Waals surface area contributed by atoms with Crippen molar-refractivity contribution in [1.82, 2.24) is 4.98 Å². The quantitative estimate of drug-likeness (QED) is 0.627. The molecule has 0 bridgehead atoms. The fourth-order valence-corrected chi connectivity index (χ4v) is 2.86. The predicted octanol–water partition coefficient (Wildman–Crippen LogP) is 4.00. The van der Waals surface area contributed by atoms with Gasteiger partial charge in [0, 0.05) is 5.69 Å². The van der Waals surface area contributed by atoms with Gasteiger partial charge in [-0.3, -0.25) is 0 Å². The van der Waals surface area contributed by atoms with Gasteiger partial charge in [-0.05, 0) is 31.0 Å². The van der Waals surface area contributed by atoms with Gasteiger partial charge in [-0.1, -0.05) is 26.2 Å². The molecule has 2 aromatic rings. The normalized spacial score (nSPS) is 11.1. The molecule has 2 nitrogen and oxygen atoms in total. The maximum atomic E-state index is 5.75. The molecule has 0 radical (unpaired) electrons. The summed E-state index contributed by atoms with van der Waals surface area (Å²) in [5.74, 6) is 0. The van der Waals surface area contributed by atoms with Gasteiger partial charge in [0.15, 0.2) is 0 Å². The molecular formula is C13H18N2S. The van der Waals surface area contributed by atoms with Crippen LogP contribution in [0.3, 0.4) is 0 Å². The monoisotopic (exact) mass is 234 g/mol. The van der Waals surface area contributed by atoms with Crippen molar-refractivity contribution in [2.45, 2.75) is 39.0 Å². The van der Waals surface area contributed by atoms with Gasteiger partial charge in [-0.15, -0.1) is 11.3 Å². The molecule has 0 aliphatic carbocycles. The molecular weight excluding hydrogens is 216 g/mol. The first-order chi connectivity index (χ1) is 7.79. The molecule has 1 aromatic heterocycles. The van der Waals surface area contributed by atoms with E-state index in [0.717, 1.165) is 17.6 Å². The van der Waals surface area contributed by atoms with Gasteiger partial charge >= 0.3 is 0 Å². The van der Waals surface area contributed by atoms with Crippen LogP contribution in [0.15, 0.2) is 18.2 Å². The van der Waals surface area contributed by atoms with Gasteiger partial charge in [0.1, 0.15) is 0 Å². The first-order valence-corrected chi connectivity index (χ1v) is 6.76. The highest BCUT2D eigenvalue weighted by molar-refractivity contribution is 7.18. The third kappa shape index (κ3) is 2.73. The standard InChI is InChI=1S/C13H18N2S/c1-2-3-4-5-6-13-15-11-8-7-10(14)9-12(11)16-13/h7-9H,2-6,14H2,1H3. The number of fused-ring (bicyclic) bond motifs is 1. The third-order valence-electron chi connectivity index (χ3n) is 2.70. The second-order valence-corrected chi connectivity index (χ2v) is 5.26. The summed E-state index contributed by atoms with van der Waals surface area (Å²) in [6, 6.07) is 5.95. The maximum absolute atomic E-state index is 5.75. The van der Waals surface area contributed by atoms with Crippen molar-refractivity contribution in [2.24, 2.45) is 0 Å². The zero-order valence-electron chi connectivity index (χ0n) is 9.70. The number of benzene rings is 1. The third-order valence-corrected chi connectivity index (χ3v) is 3.78. The molecule has 0 saturated carbocycles. The summed E-state index contributed by atoms with van der Waals surface area (Å²) < 4.78 is 1.21. The molecule has 2 N–H and O–H groups in total. The molecule has 3 heteroatoms. The molecule has 2 rings (SSSR count). The van der Waals surface area contributed by atoms with E-state index in [1.54, 1.807) is 11.3 Å². The minimum Gasteiger partial charge on any atom is -0.399 e. The number of nitrogen functional groups attached to an aromatic ring is 1. The Bertz CT molecular complexity index is 462. The summed E-state index contributed by atoms with van der Waals surface area (Å²) in [4.78, 5) is 4.61. The summed E-state index contributed by atoms with van der Waals surface area (Å²) in [7, 11) is 0. The van der Waals surface area contributed by atoms with Gasteiger partial charge in [0.2, 0.25) is 0 Å². The van der Waals surface area contributed by atoms with Crippen LogP contribution in [0.1, 0.15) is 37.6 Å². The zero-order chi connectivity index (χ0) is 11.4. The first kappa shape index (κ1) is 11.4. The Labute approximate surface area is 101 Å². The highest BCUT2D eigenvalue weighted by Crippen LogP contribution is 2.25. The second kappa shape index (κ2) is 5.30. The van der Waals surface area contributed by atoms with Crippen LogP contribution in [0, 0.1) is 0 Å². The molecule has 0 aliphatic heterocycles. The molecule has 16 heavy (non-hydrogen) atoms. The van der Waals surface area contributed by atoms with Crippen LogP contribution in [0.2, 0.25) is 0 Å². The number of nitrogens with two attached hydrogens (primary N) is 1. The number of aryl methyl sites for hydroxylation is 1. The maximum Gasteiger partial charge on any atom is 0.0938 e. The molecule has 86 valence electrons. The number of rotatable bonds is 5. The van der Waals surface area contributed by atoms with E-state index in [4.69, 9.17) is 5.73 Å². The highest BCUT2D eigenvalue weighted by Gasteiger charge is 2.03. The summed E-state index contributed by atoms with van der Waals surface area (Å²) in [6.07, 6.45) is 6.30. The molecule has 1 heterocycles. The topological polar surface area (TPSA) is 38.9 Å². The van der Waals surface area contributed by atoms with Crippen LogP contribution >= 0.6 is 11.3 Å². The smallest absolute Gasteiger partial charge is 0.0938 e. The Kier molecular flexibility index (Phi) is 3.78. The van der Waals surface area contributed by atoms with E-state index in [9.17, 15) is 0 Å². The van der Waals surface area contributed by atoms with Crippen molar-refractivity contribution in [1.29, 1.82) is 0 Å². The van der Waals surface area contributed by atoms with Crippen LogP contribution in [-0.4, -0.2) is 4.98 Å². The Morgan fingerprint density at radius 3 is 2.94 bits per heavy atom. The number of anilines is 1. The number of nitrogens with zero attached hydrogens (tertiary/aromatic N) is 1. The minimum atomic E-state index is 0.827. The summed E-state index contributed by atoms with van der Waals surface area (Å²) in [5, 5.41) is 1.25. The second-order valence-electron chi connectivity index (χ2n) is 4.15. The Morgan fingerprint density at radius 1 is 1.25 bits per heavy atom. The Balaban J connectivity index is 2.02. The number of hydrogen-bond donors (Lipinski definition) is 1. The van der Waals surface area contributed by atoms with E-state index >= 15 is 0 Å². The fraction of sp³-hybridized carbons (Fsp3) is 0.462. The van der Waals surface area contributed by atoms with E-state index in [1.807, 2.05) is 18.2 Å². The number of aromatic nitrogens is 1. The largest absolute Gasteiger partial charge is 0.399 e. The summed E-state index contributed by atoms with van der Waals surface area (Å²) in [5.41, 5.74) is 7.67. The van der Waals surface area contributed by atoms with Crippen LogP contribution in [0.4, 0.5) is 5.69 Å². The average molecular weight is 234 g/mol. The average Bonchev–Trinajstić information content (AvgIpc) is 2.66. The SMILES string of the molecule is CCCCCCc1nc2ccc(N)cc2s1. The molecule has 0 spiro atoms. The molecule has 0 saturated heterocycles. The fourth-order valence-electron chi connectivity index (χ4n) is 1.80. The van der Waals surface area contributed by atoms with Crippen molar-refractivity contribution in [3.05, 3.63) is 23.2 Å². The lowest BCUT2D eigenvalue weighted by molar-refractivity contribution is 0.666. The molecule has 0 fully saturated rings. The lowest BCUT2D eigenvalue weighted by atomic mass is 10.2. The first-order valence-electron chi connectivity index (χ1n) is 5.94. The minimum absolute atomic E-state index is 0.827. The van der Waals surface area contributed by atoms with Crippen LogP contribution in [-0.2, 0) is 6.42 Å². The molecule has 0 atom stereocenters. The summed E-state index contributed by atoms with van der Waals surface area (Å²) in [6.45, 7) is 2.24. The van der Waals surface area contributed by atoms with E-state index in [-0.39, 0.29) is 0 Å². The highest BCUT2D eigenvalue weighted by atomic mass is 32.1. The van der Waals surface area contributed by atoms with Crippen LogP contribution in [0.5, 0.6) is 0 Å². The Hall–Kier alpha value is -1.09. The van der Waals surface area contributed by atoms with Crippen LogP contribution < -0.4 is 5.73 Å². The number of thiazole rings is 1. The van der Waals surface area contributed by atoms with Crippen molar-refractivity contribution in [3.63, 3.8) is 0 Å². The van der Waals surface area contributed by atoms with E-state index < -0.39 is 0 Å². The van der Waals surface area contributed by atoms with Gasteiger partial charge in [0.05, 0.1) is 15.2 Å². The van der Waals surface area contributed by atoms with Crippen molar-refractivity contribution < 1.29 is 0 Å². The van der Waals surface area contributed by atoms with E-state index in [0.29, 0.717) is 0 Å². The van der Waals surface area contributed by atoms with Gasteiger partial charge < -0.3 is 5.73 Å². The number of unbranched alkanes of at least 4 members (excludes halogenated alkanes) is 3. The molecule has 0 aliphatic rings. The van der Waals surface area contributed by atoms with Gasteiger partial charge in [0.25, 0.3) is 0 Å². The lowest BCUT2D eigenvalue weighted by Gasteiger charge is -1.95. The Morgan fingerprint density at radius 2 is 2.12 bits per heavy atom.